The fraction of sp³-hybridized carbons (Fsp3) is 0.688. The number of ether oxygens (including phenoxy) is 2. The molecule has 0 N–H and O–H groups in total. The summed E-state index contributed by atoms with van der Waals surface area (Å²) in [5.41, 5.74) is 0. The van der Waals surface area contributed by atoms with Crippen molar-refractivity contribution in [1.82, 2.24) is 4.90 Å². The lowest BCUT2D eigenvalue weighted by Gasteiger charge is -2.32. The first-order chi connectivity index (χ1) is 9.98. The van der Waals surface area contributed by atoms with Crippen LogP contribution in [0.4, 0.5) is 0 Å². The van der Waals surface area contributed by atoms with Gasteiger partial charge in [-0.05, 0) is 48.5 Å². The third kappa shape index (κ3) is 5.87. The molecule has 0 saturated carbocycles. The van der Waals surface area contributed by atoms with Gasteiger partial charge in [-0.2, -0.15) is 0 Å². The quantitative estimate of drug-likeness (QED) is 0.409. The van der Waals surface area contributed by atoms with Gasteiger partial charge in [-0.25, -0.2) is 0 Å². The molecular formula is C16H27NO5. The van der Waals surface area contributed by atoms with Crippen molar-refractivity contribution in [2.24, 2.45) is 5.92 Å². The van der Waals surface area contributed by atoms with Gasteiger partial charge < -0.3 is 14.4 Å². The summed E-state index contributed by atoms with van der Waals surface area (Å²) in [6.45, 7) is 15.5. The summed E-state index contributed by atoms with van der Waals surface area (Å²) < 4.78 is 9.89. The van der Waals surface area contributed by atoms with E-state index in [9.17, 15) is 14.4 Å². The Morgan fingerprint density at radius 2 is 1.36 bits per heavy atom. The van der Waals surface area contributed by atoms with Gasteiger partial charge in [-0.15, -0.1) is 0 Å². The third-order valence-electron chi connectivity index (χ3n) is 2.71. The van der Waals surface area contributed by atoms with Gasteiger partial charge in [0.15, 0.2) is 0 Å². The second-order valence-electron chi connectivity index (χ2n) is 5.97. The second-order valence-corrected chi connectivity index (χ2v) is 5.97. The van der Waals surface area contributed by atoms with Gasteiger partial charge in [0.05, 0.1) is 11.9 Å². The van der Waals surface area contributed by atoms with E-state index in [0.717, 1.165) is 0 Å². The molecule has 0 aromatic heterocycles. The van der Waals surface area contributed by atoms with Gasteiger partial charge in [0.25, 0.3) is 0 Å². The highest BCUT2D eigenvalue weighted by atomic mass is 16.6. The zero-order chi connectivity index (χ0) is 17.6. The Labute approximate surface area is 132 Å². The molecule has 0 fully saturated rings. The van der Waals surface area contributed by atoms with Crippen molar-refractivity contribution in [1.29, 1.82) is 0 Å². The Morgan fingerprint density at radius 3 is 1.68 bits per heavy atom. The van der Waals surface area contributed by atoms with Crippen molar-refractivity contribution >= 4 is 17.8 Å². The van der Waals surface area contributed by atoms with Crippen LogP contribution in [0.2, 0.25) is 0 Å². The largest absolute Gasteiger partial charge is 0.462 e. The Bertz CT molecular complexity index is 432. The van der Waals surface area contributed by atoms with Crippen molar-refractivity contribution in [2.45, 2.75) is 66.7 Å². The molecular weight excluding hydrogens is 286 g/mol. The molecule has 0 aliphatic rings. The van der Waals surface area contributed by atoms with Crippen LogP contribution in [0.15, 0.2) is 12.3 Å². The van der Waals surface area contributed by atoms with Crippen LogP contribution in [0.3, 0.4) is 0 Å². The van der Waals surface area contributed by atoms with Gasteiger partial charge in [-0.1, -0.05) is 6.58 Å². The fourth-order valence-electron chi connectivity index (χ4n) is 2.08. The van der Waals surface area contributed by atoms with Gasteiger partial charge >= 0.3 is 11.9 Å². The molecule has 0 aromatic carbocycles. The Balaban J connectivity index is 5.54. The molecule has 0 aromatic rings. The minimum Gasteiger partial charge on any atom is -0.462 e. The second kappa shape index (κ2) is 8.56. The number of carbonyl (C=O) groups is 3. The SMILES string of the molecule is C=C(C)OC(=O)[C@@H](C(=O)OC(C)C)C(=O)N(C(C)C)C(C)C. The molecule has 0 spiro atoms. The van der Waals surface area contributed by atoms with Crippen LogP contribution < -0.4 is 0 Å². The third-order valence-corrected chi connectivity index (χ3v) is 2.71. The van der Waals surface area contributed by atoms with E-state index in [4.69, 9.17) is 9.47 Å². The van der Waals surface area contributed by atoms with E-state index in [1.807, 2.05) is 27.7 Å². The van der Waals surface area contributed by atoms with Gasteiger partial charge in [0.1, 0.15) is 0 Å². The molecule has 0 aliphatic heterocycles. The lowest BCUT2D eigenvalue weighted by atomic mass is 10.1. The normalized spacial score (nSPS) is 12.3. The van der Waals surface area contributed by atoms with Crippen LogP contribution in [0.1, 0.15) is 48.5 Å². The number of hydrogen-bond donors (Lipinski definition) is 0. The molecule has 6 nitrogen and oxygen atoms in total. The molecule has 0 rings (SSSR count). The number of rotatable bonds is 7. The Morgan fingerprint density at radius 1 is 0.909 bits per heavy atom. The van der Waals surface area contributed by atoms with Gasteiger partial charge in [0.2, 0.25) is 11.8 Å². The van der Waals surface area contributed by atoms with Crippen molar-refractivity contribution < 1.29 is 23.9 Å². The molecule has 1 amide bonds. The predicted molar refractivity (Wildman–Crippen MR) is 82.7 cm³/mol. The van der Waals surface area contributed by atoms with Crippen molar-refractivity contribution in [3.8, 4) is 0 Å². The highest BCUT2D eigenvalue weighted by Gasteiger charge is 2.41. The molecule has 1 atom stereocenters. The maximum Gasteiger partial charge on any atom is 0.335 e. The van der Waals surface area contributed by atoms with Crippen molar-refractivity contribution in [3.05, 3.63) is 12.3 Å². The first-order valence-electron chi connectivity index (χ1n) is 7.38. The standard InChI is InChI=1S/C16H27NO5/c1-9(2)17(10(3)4)14(18)13(15(19)21-11(5)6)16(20)22-12(7)8/h9-10,12-13H,5H2,1-4,6-8H3/t13-/m0/s1. The maximum atomic E-state index is 12.7. The van der Waals surface area contributed by atoms with Crippen LogP contribution in [0.25, 0.3) is 0 Å². The molecule has 126 valence electrons. The summed E-state index contributed by atoms with van der Waals surface area (Å²) in [5, 5.41) is 0. The maximum absolute atomic E-state index is 12.7. The van der Waals surface area contributed by atoms with Gasteiger partial charge in [-0.3, -0.25) is 14.4 Å². The van der Waals surface area contributed by atoms with E-state index in [-0.39, 0.29) is 17.8 Å². The van der Waals surface area contributed by atoms with E-state index in [2.05, 4.69) is 6.58 Å². The molecule has 0 radical (unpaired) electrons. The van der Waals surface area contributed by atoms with Crippen LogP contribution in [0.5, 0.6) is 0 Å². The number of amides is 1. The molecule has 0 saturated heterocycles. The summed E-state index contributed by atoms with van der Waals surface area (Å²) in [7, 11) is 0. The summed E-state index contributed by atoms with van der Waals surface area (Å²) in [4.78, 5) is 38.4. The molecule has 0 unspecified atom stereocenters. The smallest absolute Gasteiger partial charge is 0.335 e. The van der Waals surface area contributed by atoms with E-state index < -0.39 is 29.9 Å². The lowest BCUT2D eigenvalue weighted by molar-refractivity contribution is -0.168. The number of carbonyl (C=O) groups excluding carboxylic acids is 3. The highest BCUT2D eigenvalue weighted by Crippen LogP contribution is 2.16. The Kier molecular flexibility index (Phi) is 7.84. The molecule has 0 aliphatic carbocycles. The number of esters is 2. The number of nitrogens with zero attached hydrogens (tertiary/aromatic N) is 1. The zero-order valence-corrected chi connectivity index (χ0v) is 14.5. The summed E-state index contributed by atoms with van der Waals surface area (Å²) in [5.74, 6) is -4.02. The average Bonchev–Trinajstić information content (AvgIpc) is 2.24. The van der Waals surface area contributed by atoms with Crippen molar-refractivity contribution in [2.75, 3.05) is 0 Å². The summed E-state index contributed by atoms with van der Waals surface area (Å²) in [6, 6.07) is -0.334. The molecule has 0 heterocycles. The molecule has 22 heavy (non-hydrogen) atoms. The van der Waals surface area contributed by atoms with Crippen LogP contribution in [-0.4, -0.2) is 40.9 Å². The van der Waals surface area contributed by atoms with Crippen LogP contribution >= 0.6 is 0 Å². The van der Waals surface area contributed by atoms with Crippen LogP contribution in [0, 0.1) is 5.92 Å². The fourth-order valence-corrected chi connectivity index (χ4v) is 2.08. The number of allylic oxidation sites excluding steroid dienone is 1. The minimum atomic E-state index is -1.64. The molecule has 6 heteroatoms. The monoisotopic (exact) mass is 313 g/mol. The zero-order valence-electron chi connectivity index (χ0n) is 14.5. The van der Waals surface area contributed by atoms with Crippen molar-refractivity contribution in [3.63, 3.8) is 0 Å². The minimum absolute atomic E-state index is 0.112. The Hall–Kier alpha value is -1.85. The van der Waals surface area contributed by atoms with E-state index in [0.29, 0.717) is 0 Å². The first kappa shape index (κ1) is 20.1. The summed E-state index contributed by atoms with van der Waals surface area (Å²) in [6.07, 6.45) is -0.438. The first-order valence-corrected chi connectivity index (χ1v) is 7.38. The highest BCUT2D eigenvalue weighted by molar-refractivity contribution is 6.14. The molecule has 0 bridgehead atoms. The van der Waals surface area contributed by atoms with E-state index in [1.54, 1.807) is 13.8 Å². The van der Waals surface area contributed by atoms with Gasteiger partial charge in [0, 0.05) is 12.1 Å². The van der Waals surface area contributed by atoms with E-state index >= 15 is 0 Å². The summed E-state index contributed by atoms with van der Waals surface area (Å²) >= 11 is 0. The average molecular weight is 313 g/mol. The topological polar surface area (TPSA) is 72.9 Å². The lowest BCUT2D eigenvalue weighted by Crippen LogP contribution is -2.50. The predicted octanol–water partition coefficient (Wildman–Crippen LogP) is 2.28. The number of hydrogen-bond acceptors (Lipinski definition) is 5. The van der Waals surface area contributed by atoms with Crippen LogP contribution in [-0.2, 0) is 23.9 Å². The van der Waals surface area contributed by atoms with E-state index in [1.165, 1.54) is 11.8 Å².